The van der Waals surface area contributed by atoms with Crippen LogP contribution in [0.2, 0.25) is 0 Å². The molecular weight excluding hydrogens is 470 g/mol. The van der Waals surface area contributed by atoms with Crippen molar-refractivity contribution in [3.63, 3.8) is 0 Å². The van der Waals surface area contributed by atoms with Crippen molar-refractivity contribution in [3.05, 3.63) is 92.7 Å². The molecule has 2 aromatic carbocycles. The molecule has 0 N–H and O–H groups in total. The Bertz CT molecular complexity index is 1130. The standard InChI is InChI=1S/C20H11Br2N5/c21-14-11-15(22)19-24-17(13-9-5-2-6-10-13)26-20-25-16(23-18(14)27(19)20)12-7-3-1-4-8-12/h1-11H. The minimum absolute atomic E-state index is 0.546. The van der Waals surface area contributed by atoms with Crippen LogP contribution in [0.25, 0.3) is 0 Å². The molecule has 0 aromatic heterocycles. The van der Waals surface area contributed by atoms with Crippen LogP contribution in [0, 0.1) is 0 Å². The second-order valence-corrected chi connectivity index (χ2v) is 7.66. The van der Waals surface area contributed by atoms with Gasteiger partial charge < -0.3 is 0 Å². The van der Waals surface area contributed by atoms with E-state index >= 15 is 0 Å². The maximum absolute atomic E-state index is 4.74. The summed E-state index contributed by atoms with van der Waals surface area (Å²) in [5.74, 6) is 3.23. The lowest BCUT2D eigenvalue weighted by atomic mass is 10.2. The van der Waals surface area contributed by atoms with Crippen LogP contribution in [0.4, 0.5) is 0 Å². The second kappa shape index (κ2) is 6.51. The van der Waals surface area contributed by atoms with Crippen molar-refractivity contribution in [1.82, 2.24) is 4.90 Å². The van der Waals surface area contributed by atoms with Crippen molar-refractivity contribution in [2.24, 2.45) is 20.0 Å². The van der Waals surface area contributed by atoms with Crippen LogP contribution in [0.3, 0.4) is 0 Å². The van der Waals surface area contributed by atoms with E-state index in [1.807, 2.05) is 71.6 Å². The summed E-state index contributed by atoms with van der Waals surface area (Å²) in [6, 6.07) is 19.8. The van der Waals surface area contributed by atoms with Crippen LogP contribution >= 0.6 is 31.9 Å². The molecule has 0 fully saturated rings. The Kier molecular flexibility index (Phi) is 3.98. The summed E-state index contributed by atoms with van der Waals surface area (Å²) in [6.45, 7) is 0. The Labute approximate surface area is 172 Å². The first-order valence-corrected chi connectivity index (χ1v) is 9.82. The summed E-state index contributed by atoms with van der Waals surface area (Å²) in [5.41, 5.74) is 1.87. The first-order chi connectivity index (χ1) is 13.2. The molecule has 0 saturated heterocycles. The van der Waals surface area contributed by atoms with Gasteiger partial charge >= 0.3 is 0 Å². The van der Waals surface area contributed by atoms with Crippen LogP contribution in [-0.2, 0) is 0 Å². The molecule has 3 aliphatic heterocycles. The smallest absolute Gasteiger partial charge is 0.241 e. The highest BCUT2D eigenvalue weighted by atomic mass is 79.9. The predicted molar refractivity (Wildman–Crippen MR) is 116 cm³/mol. The van der Waals surface area contributed by atoms with Crippen molar-refractivity contribution < 1.29 is 0 Å². The van der Waals surface area contributed by atoms with Crippen LogP contribution in [-0.4, -0.2) is 28.4 Å². The monoisotopic (exact) mass is 479 g/mol. The normalized spacial score (nSPS) is 18.1. The highest BCUT2D eigenvalue weighted by Gasteiger charge is 2.35. The van der Waals surface area contributed by atoms with Gasteiger partial charge in [0.25, 0.3) is 0 Å². The maximum Gasteiger partial charge on any atom is 0.241 e. The molecular formula is C20H11Br2N5. The summed E-state index contributed by atoms with van der Waals surface area (Å²) >= 11 is 7.21. The molecule has 0 bridgehead atoms. The number of nitrogens with zero attached hydrogens (tertiary/aromatic N) is 5. The van der Waals surface area contributed by atoms with E-state index in [2.05, 4.69) is 31.9 Å². The zero-order valence-corrected chi connectivity index (χ0v) is 17.0. The van der Waals surface area contributed by atoms with Crippen LogP contribution < -0.4 is 0 Å². The van der Waals surface area contributed by atoms with Crippen LogP contribution in [0.1, 0.15) is 11.1 Å². The molecule has 0 unspecified atom stereocenters. The fraction of sp³-hybridized carbons (Fsp3) is 0. The Balaban J connectivity index is 1.72. The van der Waals surface area contributed by atoms with E-state index < -0.39 is 0 Å². The third kappa shape index (κ3) is 2.83. The van der Waals surface area contributed by atoms with Crippen molar-refractivity contribution in [2.75, 3.05) is 0 Å². The van der Waals surface area contributed by atoms with E-state index in [0.29, 0.717) is 17.6 Å². The molecule has 130 valence electrons. The molecule has 5 nitrogen and oxygen atoms in total. The van der Waals surface area contributed by atoms with E-state index in [9.17, 15) is 0 Å². The predicted octanol–water partition coefficient (Wildman–Crippen LogP) is 4.82. The molecule has 3 heterocycles. The summed E-state index contributed by atoms with van der Waals surface area (Å²) in [6.07, 6.45) is 1.95. The Morgan fingerprint density at radius 3 is 1.89 bits per heavy atom. The number of benzene rings is 2. The lowest BCUT2D eigenvalue weighted by molar-refractivity contribution is 0.708. The molecule has 5 rings (SSSR count). The molecule has 0 spiro atoms. The molecule has 3 aliphatic rings. The molecule has 7 heteroatoms. The van der Waals surface area contributed by atoms with E-state index in [4.69, 9.17) is 20.0 Å². The average Bonchev–Trinajstić information content (AvgIpc) is 2.72. The van der Waals surface area contributed by atoms with Gasteiger partial charge in [-0.15, -0.1) is 0 Å². The number of hydrogen-bond donors (Lipinski definition) is 0. The van der Waals surface area contributed by atoms with E-state index in [-0.39, 0.29) is 0 Å². The van der Waals surface area contributed by atoms with E-state index in [1.54, 1.807) is 0 Å². The van der Waals surface area contributed by atoms with Gasteiger partial charge in [0.1, 0.15) is 0 Å². The Morgan fingerprint density at radius 1 is 0.667 bits per heavy atom. The fourth-order valence-corrected chi connectivity index (χ4v) is 4.25. The van der Waals surface area contributed by atoms with Gasteiger partial charge in [-0.2, -0.15) is 9.98 Å². The molecule has 0 saturated carbocycles. The Hall–Kier alpha value is -2.64. The van der Waals surface area contributed by atoms with E-state index in [0.717, 1.165) is 31.7 Å². The number of guanidine groups is 1. The fourth-order valence-electron chi connectivity index (χ4n) is 2.95. The molecule has 0 atom stereocenters. The summed E-state index contributed by atoms with van der Waals surface area (Å²) in [5, 5.41) is 0. The summed E-state index contributed by atoms with van der Waals surface area (Å²) in [4.78, 5) is 20.8. The zero-order chi connectivity index (χ0) is 18.4. The first-order valence-electron chi connectivity index (χ1n) is 8.24. The molecule has 0 radical (unpaired) electrons. The number of amidine groups is 3. The van der Waals surface area contributed by atoms with Gasteiger partial charge in [0, 0.05) is 11.1 Å². The van der Waals surface area contributed by atoms with Gasteiger partial charge in [0.2, 0.25) is 5.96 Å². The Morgan fingerprint density at radius 2 is 1.26 bits per heavy atom. The van der Waals surface area contributed by atoms with Gasteiger partial charge in [-0.3, -0.25) is 0 Å². The number of hydrogen-bond acceptors (Lipinski definition) is 5. The molecule has 0 aliphatic carbocycles. The first kappa shape index (κ1) is 16.5. The number of rotatable bonds is 2. The zero-order valence-electron chi connectivity index (χ0n) is 13.8. The third-order valence-corrected chi connectivity index (χ3v) is 5.37. The van der Waals surface area contributed by atoms with Gasteiger partial charge in [-0.05, 0) is 37.9 Å². The maximum atomic E-state index is 4.74. The molecule has 0 amide bonds. The average molecular weight is 481 g/mol. The lowest BCUT2D eigenvalue weighted by Gasteiger charge is -2.33. The minimum Gasteiger partial charge on any atom is -0.244 e. The van der Waals surface area contributed by atoms with Crippen molar-refractivity contribution in [1.29, 1.82) is 0 Å². The number of aliphatic imine (C=N–C) groups is 4. The van der Waals surface area contributed by atoms with Crippen LogP contribution in [0.15, 0.2) is 101 Å². The van der Waals surface area contributed by atoms with Crippen molar-refractivity contribution in [3.8, 4) is 0 Å². The topological polar surface area (TPSA) is 52.7 Å². The minimum atomic E-state index is 0.546. The van der Waals surface area contributed by atoms with E-state index in [1.165, 1.54) is 0 Å². The number of halogens is 2. The molecule has 2 aromatic rings. The summed E-state index contributed by atoms with van der Waals surface area (Å²) in [7, 11) is 0. The number of allylic oxidation sites excluding steroid dienone is 2. The van der Waals surface area contributed by atoms with Crippen LogP contribution in [0.5, 0.6) is 0 Å². The van der Waals surface area contributed by atoms with Gasteiger partial charge in [-0.25, -0.2) is 14.9 Å². The van der Waals surface area contributed by atoms with Crippen molar-refractivity contribution in [2.45, 2.75) is 0 Å². The highest BCUT2D eigenvalue weighted by molar-refractivity contribution is 9.12. The van der Waals surface area contributed by atoms with Crippen molar-refractivity contribution >= 4 is 55.3 Å². The second-order valence-electron chi connectivity index (χ2n) is 5.95. The highest BCUT2D eigenvalue weighted by Crippen LogP contribution is 2.35. The van der Waals surface area contributed by atoms with Gasteiger partial charge in [-0.1, -0.05) is 60.7 Å². The lowest BCUT2D eigenvalue weighted by Crippen LogP contribution is -2.43. The SMILES string of the molecule is BrC1=CC(Br)=C2N=C(c3ccccc3)N=C3N=C(c4ccccc4)N=C1N32. The van der Waals surface area contributed by atoms with Gasteiger partial charge in [0.05, 0.1) is 8.96 Å². The molecule has 27 heavy (non-hydrogen) atoms. The van der Waals surface area contributed by atoms with Gasteiger partial charge in [0.15, 0.2) is 23.3 Å². The summed E-state index contributed by atoms with van der Waals surface area (Å²) < 4.78 is 1.68. The third-order valence-electron chi connectivity index (χ3n) is 4.20. The largest absolute Gasteiger partial charge is 0.244 e. The quantitative estimate of drug-likeness (QED) is 0.607.